The predicted molar refractivity (Wildman–Crippen MR) is 68.2 cm³/mol. The van der Waals surface area contributed by atoms with E-state index < -0.39 is 0 Å². The SMILES string of the molecule is COC1CN(c2ncc(C=O)cc2C)CC1OC. The third-order valence-electron chi connectivity index (χ3n) is 3.33. The number of rotatable bonds is 4. The third kappa shape index (κ3) is 2.37. The minimum atomic E-state index is 0.0574. The average Bonchev–Trinajstić information content (AvgIpc) is 2.81. The summed E-state index contributed by atoms with van der Waals surface area (Å²) in [7, 11) is 3.38. The van der Waals surface area contributed by atoms with E-state index >= 15 is 0 Å². The first-order chi connectivity index (χ1) is 8.69. The number of nitrogens with zero attached hydrogens (tertiary/aromatic N) is 2. The standard InChI is InChI=1S/C13H18N2O3/c1-9-4-10(8-16)5-14-13(9)15-6-11(17-2)12(7-15)18-3/h4-5,8,11-12H,6-7H2,1-3H3. The van der Waals surface area contributed by atoms with Gasteiger partial charge in [-0.25, -0.2) is 4.98 Å². The van der Waals surface area contributed by atoms with Crippen molar-refractivity contribution in [1.29, 1.82) is 0 Å². The Morgan fingerprint density at radius 3 is 2.39 bits per heavy atom. The van der Waals surface area contributed by atoms with Crippen LogP contribution in [0.15, 0.2) is 12.3 Å². The summed E-state index contributed by atoms with van der Waals surface area (Å²) in [5.41, 5.74) is 1.59. The Bertz CT molecular complexity index is 424. The van der Waals surface area contributed by atoms with E-state index in [0.717, 1.165) is 30.8 Å². The van der Waals surface area contributed by atoms with Gasteiger partial charge < -0.3 is 14.4 Å². The number of aryl methyl sites for hydroxylation is 1. The number of pyridine rings is 1. The number of methoxy groups -OCH3 is 2. The molecule has 0 saturated carbocycles. The number of aldehydes is 1. The van der Waals surface area contributed by atoms with E-state index in [9.17, 15) is 4.79 Å². The van der Waals surface area contributed by atoms with Crippen LogP contribution in [-0.2, 0) is 9.47 Å². The molecule has 0 aliphatic carbocycles. The Hall–Kier alpha value is -1.46. The Morgan fingerprint density at radius 2 is 1.94 bits per heavy atom. The highest BCUT2D eigenvalue weighted by molar-refractivity contribution is 5.75. The molecular formula is C13H18N2O3. The molecule has 1 aliphatic rings. The molecule has 1 aliphatic heterocycles. The van der Waals surface area contributed by atoms with E-state index in [-0.39, 0.29) is 12.2 Å². The lowest BCUT2D eigenvalue weighted by atomic mass is 10.2. The molecule has 2 atom stereocenters. The average molecular weight is 250 g/mol. The van der Waals surface area contributed by atoms with Crippen LogP contribution in [0.25, 0.3) is 0 Å². The van der Waals surface area contributed by atoms with Gasteiger partial charge in [0.05, 0.1) is 0 Å². The van der Waals surface area contributed by atoms with Gasteiger partial charge in [0.2, 0.25) is 0 Å². The Morgan fingerprint density at radius 1 is 1.33 bits per heavy atom. The first-order valence-electron chi connectivity index (χ1n) is 5.92. The van der Waals surface area contributed by atoms with E-state index in [0.29, 0.717) is 5.56 Å². The maximum Gasteiger partial charge on any atom is 0.151 e. The number of ether oxygens (including phenoxy) is 2. The van der Waals surface area contributed by atoms with Crippen molar-refractivity contribution in [2.45, 2.75) is 19.1 Å². The molecular weight excluding hydrogens is 232 g/mol. The van der Waals surface area contributed by atoms with Crippen LogP contribution in [0.1, 0.15) is 15.9 Å². The van der Waals surface area contributed by atoms with Gasteiger partial charge in [0.15, 0.2) is 6.29 Å². The number of anilines is 1. The molecule has 0 N–H and O–H groups in total. The number of carbonyl (C=O) groups is 1. The predicted octanol–water partition coefficient (Wildman–Crippen LogP) is 1.05. The van der Waals surface area contributed by atoms with Gasteiger partial charge in [-0.15, -0.1) is 0 Å². The lowest BCUT2D eigenvalue weighted by Crippen LogP contribution is -2.27. The summed E-state index contributed by atoms with van der Waals surface area (Å²) in [4.78, 5) is 17.2. The topological polar surface area (TPSA) is 51.7 Å². The van der Waals surface area contributed by atoms with Crippen LogP contribution in [0.5, 0.6) is 0 Å². The molecule has 1 saturated heterocycles. The van der Waals surface area contributed by atoms with Gasteiger partial charge in [-0.1, -0.05) is 0 Å². The largest absolute Gasteiger partial charge is 0.377 e. The number of aromatic nitrogens is 1. The van der Waals surface area contributed by atoms with Crippen LogP contribution >= 0.6 is 0 Å². The van der Waals surface area contributed by atoms with Crippen molar-refractivity contribution < 1.29 is 14.3 Å². The summed E-state index contributed by atoms with van der Waals surface area (Å²) < 4.78 is 10.8. The summed E-state index contributed by atoms with van der Waals surface area (Å²) in [5, 5.41) is 0. The molecule has 0 amide bonds. The van der Waals surface area contributed by atoms with Crippen molar-refractivity contribution in [3.8, 4) is 0 Å². The van der Waals surface area contributed by atoms with E-state index in [1.807, 2.05) is 13.0 Å². The van der Waals surface area contributed by atoms with Crippen molar-refractivity contribution in [3.05, 3.63) is 23.4 Å². The fraction of sp³-hybridized carbons (Fsp3) is 0.538. The van der Waals surface area contributed by atoms with Crippen molar-refractivity contribution in [3.63, 3.8) is 0 Å². The van der Waals surface area contributed by atoms with Crippen LogP contribution in [0, 0.1) is 6.92 Å². The molecule has 2 unspecified atom stereocenters. The lowest BCUT2D eigenvalue weighted by Gasteiger charge is -2.19. The molecule has 5 heteroatoms. The van der Waals surface area contributed by atoms with Crippen LogP contribution in [0.2, 0.25) is 0 Å². The summed E-state index contributed by atoms with van der Waals surface area (Å²) in [6.07, 6.45) is 2.52. The molecule has 18 heavy (non-hydrogen) atoms. The molecule has 5 nitrogen and oxygen atoms in total. The zero-order valence-electron chi connectivity index (χ0n) is 10.9. The monoisotopic (exact) mass is 250 g/mol. The minimum Gasteiger partial charge on any atom is -0.377 e. The normalized spacial score (nSPS) is 23.4. The molecule has 1 aromatic rings. The van der Waals surface area contributed by atoms with E-state index in [4.69, 9.17) is 9.47 Å². The number of hydrogen-bond donors (Lipinski definition) is 0. The molecule has 0 radical (unpaired) electrons. The zero-order chi connectivity index (χ0) is 13.1. The van der Waals surface area contributed by atoms with Crippen LogP contribution < -0.4 is 4.90 Å². The van der Waals surface area contributed by atoms with Crippen molar-refractivity contribution in [1.82, 2.24) is 4.98 Å². The zero-order valence-corrected chi connectivity index (χ0v) is 10.9. The van der Waals surface area contributed by atoms with Gasteiger partial charge >= 0.3 is 0 Å². The molecule has 0 spiro atoms. The van der Waals surface area contributed by atoms with Crippen LogP contribution in [0.4, 0.5) is 5.82 Å². The highest BCUT2D eigenvalue weighted by Gasteiger charge is 2.34. The van der Waals surface area contributed by atoms with Crippen LogP contribution in [-0.4, -0.2) is 50.8 Å². The fourth-order valence-electron chi connectivity index (χ4n) is 2.35. The second-order valence-corrected chi connectivity index (χ2v) is 4.48. The Kier molecular flexibility index (Phi) is 3.93. The van der Waals surface area contributed by atoms with Crippen molar-refractivity contribution in [2.75, 3.05) is 32.2 Å². The molecule has 0 bridgehead atoms. The second kappa shape index (κ2) is 5.46. The Labute approximate surface area is 107 Å². The third-order valence-corrected chi connectivity index (χ3v) is 3.33. The first kappa shape index (κ1) is 13.0. The summed E-state index contributed by atoms with van der Waals surface area (Å²) in [6.45, 7) is 3.46. The lowest BCUT2D eigenvalue weighted by molar-refractivity contribution is -0.00461. The van der Waals surface area contributed by atoms with Crippen molar-refractivity contribution in [2.24, 2.45) is 0 Å². The van der Waals surface area contributed by atoms with E-state index in [2.05, 4.69) is 9.88 Å². The second-order valence-electron chi connectivity index (χ2n) is 4.48. The molecule has 1 aromatic heterocycles. The van der Waals surface area contributed by atoms with E-state index in [1.54, 1.807) is 20.4 Å². The highest BCUT2D eigenvalue weighted by atomic mass is 16.5. The molecule has 98 valence electrons. The highest BCUT2D eigenvalue weighted by Crippen LogP contribution is 2.24. The number of carbonyl (C=O) groups excluding carboxylic acids is 1. The van der Waals surface area contributed by atoms with Crippen molar-refractivity contribution >= 4 is 12.1 Å². The minimum absolute atomic E-state index is 0.0574. The number of hydrogen-bond acceptors (Lipinski definition) is 5. The molecule has 2 rings (SSSR count). The van der Waals surface area contributed by atoms with Gasteiger partial charge in [-0.2, -0.15) is 0 Å². The molecule has 0 aromatic carbocycles. The van der Waals surface area contributed by atoms with Gasteiger partial charge in [-0.05, 0) is 18.6 Å². The summed E-state index contributed by atoms with van der Waals surface area (Å²) in [5.74, 6) is 0.891. The van der Waals surface area contributed by atoms with Gasteiger partial charge in [0.25, 0.3) is 0 Å². The molecule has 1 fully saturated rings. The van der Waals surface area contributed by atoms with Gasteiger partial charge in [0, 0.05) is 39.1 Å². The summed E-state index contributed by atoms with van der Waals surface area (Å²) >= 11 is 0. The Balaban J connectivity index is 2.20. The smallest absolute Gasteiger partial charge is 0.151 e. The van der Waals surface area contributed by atoms with E-state index in [1.165, 1.54) is 0 Å². The first-order valence-corrected chi connectivity index (χ1v) is 5.92. The summed E-state index contributed by atoms with van der Waals surface area (Å²) in [6, 6.07) is 1.84. The maximum absolute atomic E-state index is 10.7. The quantitative estimate of drug-likeness (QED) is 0.748. The molecule has 2 heterocycles. The van der Waals surface area contributed by atoms with Gasteiger partial charge in [-0.3, -0.25) is 4.79 Å². The fourth-order valence-corrected chi connectivity index (χ4v) is 2.35. The van der Waals surface area contributed by atoms with Gasteiger partial charge in [0.1, 0.15) is 18.0 Å². The van der Waals surface area contributed by atoms with Crippen LogP contribution in [0.3, 0.4) is 0 Å². The maximum atomic E-state index is 10.7.